The highest BCUT2D eigenvalue weighted by Crippen LogP contribution is 2.39. The van der Waals surface area contributed by atoms with Crippen LogP contribution in [0.25, 0.3) is 11.1 Å². The maximum atomic E-state index is 13.0. The third-order valence-corrected chi connectivity index (χ3v) is 10.9. The Morgan fingerprint density at radius 1 is 0.400 bits per heavy atom. The van der Waals surface area contributed by atoms with Gasteiger partial charge < -0.3 is 19.3 Å². The van der Waals surface area contributed by atoms with Crippen molar-refractivity contribution < 1.29 is 14.3 Å². The van der Waals surface area contributed by atoms with Crippen LogP contribution in [0.3, 0.4) is 0 Å². The van der Waals surface area contributed by atoms with E-state index in [0.29, 0.717) is 28.4 Å². The molecule has 0 aromatic heterocycles. The number of hydrogen-bond donors (Lipinski definition) is 0. The lowest BCUT2D eigenvalue weighted by atomic mass is 10.0. The molecule has 296 valence electrons. The van der Waals surface area contributed by atoms with Crippen molar-refractivity contribution in [3.05, 3.63) is 222 Å². The van der Waals surface area contributed by atoms with Gasteiger partial charge in [0.1, 0.15) is 17.2 Å². The lowest BCUT2D eigenvalue weighted by Gasteiger charge is -2.26. The minimum absolute atomic E-state index is 0.0546. The van der Waals surface area contributed by atoms with Crippen LogP contribution >= 0.6 is 0 Å². The molecule has 0 heterocycles. The molecule has 0 amide bonds. The highest BCUT2D eigenvalue weighted by Gasteiger charge is 2.16. The van der Waals surface area contributed by atoms with Crippen molar-refractivity contribution in [2.24, 2.45) is 0 Å². The number of rotatable bonds is 14. The van der Waals surface area contributed by atoms with Crippen LogP contribution in [-0.4, -0.2) is 12.9 Å². The zero-order chi connectivity index (χ0) is 41.4. The molecule has 8 aromatic carbocycles. The maximum Gasteiger partial charge on any atom is 0.193 e. The average Bonchev–Trinajstić information content (AvgIpc) is 3.31. The van der Waals surface area contributed by atoms with Gasteiger partial charge in [-0.15, -0.1) is 0 Å². The molecule has 0 saturated heterocycles. The number of aryl methyl sites for hydroxylation is 3. The summed E-state index contributed by atoms with van der Waals surface area (Å²) < 4.78 is 11.5. The van der Waals surface area contributed by atoms with Gasteiger partial charge in [-0.3, -0.25) is 4.79 Å². The molecular formula is C55H48N2O3. The van der Waals surface area contributed by atoms with Gasteiger partial charge in [0.15, 0.2) is 5.78 Å². The van der Waals surface area contributed by atoms with Gasteiger partial charge in [-0.05, 0) is 175 Å². The predicted molar refractivity (Wildman–Crippen MR) is 248 cm³/mol. The van der Waals surface area contributed by atoms with Crippen LogP contribution < -0.4 is 19.3 Å². The highest BCUT2D eigenvalue weighted by molar-refractivity contribution is 6.09. The second kappa shape index (κ2) is 18.0. The van der Waals surface area contributed by atoms with Crippen molar-refractivity contribution in [3.8, 4) is 28.4 Å². The Kier molecular flexibility index (Phi) is 11.9. The van der Waals surface area contributed by atoms with Crippen LogP contribution in [0.5, 0.6) is 17.2 Å². The van der Waals surface area contributed by atoms with E-state index in [1.165, 1.54) is 16.7 Å². The number of anilines is 6. The Labute approximate surface area is 353 Å². The van der Waals surface area contributed by atoms with E-state index in [1.807, 2.05) is 24.3 Å². The maximum absolute atomic E-state index is 13.0. The van der Waals surface area contributed by atoms with Crippen molar-refractivity contribution >= 4 is 39.9 Å². The Bertz CT molecular complexity index is 2640. The third-order valence-electron chi connectivity index (χ3n) is 10.9. The van der Waals surface area contributed by atoms with Crippen molar-refractivity contribution in [2.75, 3.05) is 16.9 Å². The number of carbonyl (C=O) groups excluding carboxylic acids is 1. The number of ketones is 1. The summed E-state index contributed by atoms with van der Waals surface area (Å²) in [5, 5.41) is 0. The molecule has 5 nitrogen and oxygen atoms in total. The van der Waals surface area contributed by atoms with Gasteiger partial charge in [0.25, 0.3) is 0 Å². The molecule has 0 radical (unpaired) electrons. The quantitative estimate of drug-likeness (QED) is 0.103. The van der Waals surface area contributed by atoms with Crippen LogP contribution in [-0.2, 0) is 12.8 Å². The summed E-state index contributed by atoms with van der Waals surface area (Å²) in [6.07, 6.45) is 1.99. The van der Waals surface area contributed by atoms with Crippen molar-refractivity contribution in [3.63, 3.8) is 0 Å². The zero-order valence-electron chi connectivity index (χ0n) is 34.5. The van der Waals surface area contributed by atoms with Gasteiger partial charge in [0.2, 0.25) is 0 Å². The zero-order valence-corrected chi connectivity index (χ0v) is 34.5. The van der Waals surface area contributed by atoms with E-state index in [9.17, 15) is 4.79 Å². The number of ether oxygens (including phenoxy) is 2. The molecule has 60 heavy (non-hydrogen) atoms. The molecule has 0 fully saturated rings. The van der Waals surface area contributed by atoms with Crippen LogP contribution in [0.1, 0.15) is 46.5 Å². The molecule has 5 heteroatoms. The average molecular weight is 785 g/mol. The van der Waals surface area contributed by atoms with Crippen LogP contribution in [0.4, 0.5) is 34.1 Å². The van der Waals surface area contributed by atoms with Crippen molar-refractivity contribution in [2.45, 2.75) is 33.6 Å². The largest absolute Gasteiger partial charge is 0.497 e. The summed E-state index contributed by atoms with van der Waals surface area (Å²) in [6, 6.07) is 66.4. The van der Waals surface area contributed by atoms with E-state index in [-0.39, 0.29) is 5.78 Å². The molecule has 0 aliphatic heterocycles. The fourth-order valence-electron chi connectivity index (χ4n) is 7.34. The van der Waals surface area contributed by atoms with Gasteiger partial charge in [-0.25, -0.2) is 0 Å². The van der Waals surface area contributed by atoms with Gasteiger partial charge in [0.05, 0.1) is 7.11 Å². The number of benzene rings is 8. The van der Waals surface area contributed by atoms with Crippen LogP contribution in [0.15, 0.2) is 194 Å². The first-order chi connectivity index (χ1) is 29.4. The van der Waals surface area contributed by atoms with Gasteiger partial charge >= 0.3 is 0 Å². The summed E-state index contributed by atoms with van der Waals surface area (Å²) in [4.78, 5) is 17.6. The number of nitrogens with zero attached hydrogens (tertiary/aromatic N) is 2. The summed E-state index contributed by atoms with van der Waals surface area (Å²) in [5.74, 6) is 2.01. The Hall–Kier alpha value is -7.37. The van der Waals surface area contributed by atoms with E-state index < -0.39 is 0 Å². The molecule has 0 bridgehead atoms. The van der Waals surface area contributed by atoms with E-state index >= 15 is 0 Å². The topological polar surface area (TPSA) is 42.0 Å². The first-order valence-corrected chi connectivity index (χ1v) is 20.5. The fourth-order valence-corrected chi connectivity index (χ4v) is 7.34. The summed E-state index contributed by atoms with van der Waals surface area (Å²) in [6.45, 7) is 6.48. The van der Waals surface area contributed by atoms with Crippen molar-refractivity contribution in [1.82, 2.24) is 0 Å². The molecule has 0 N–H and O–H groups in total. The molecule has 0 aliphatic rings. The molecule has 0 saturated carbocycles. The van der Waals surface area contributed by atoms with Gasteiger partial charge in [0, 0.05) is 45.3 Å². The smallest absolute Gasteiger partial charge is 0.193 e. The Morgan fingerprint density at radius 3 is 1.05 bits per heavy atom. The SMILES string of the molecule is CCc1ccc(N(c2ccc(C)cc2)c2ccc(-c3ccc(N(c4ccc(CC)cc4)c4ccc(Oc5ccc(C(=O)c6ccc(OC)cc6)cc5)cc4)cc3)cc2)cc1. The van der Waals surface area contributed by atoms with E-state index in [2.05, 4.69) is 164 Å². The molecule has 0 spiro atoms. The minimum atomic E-state index is -0.0546. The van der Waals surface area contributed by atoms with E-state index in [1.54, 1.807) is 43.5 Å². The Balaban J connectivity index is 1.02. The lowest BCUT2D eigenvalue weighted by molar-refractivity contribution is 0.103. The Morgan fingerprint density at radius 2 is 0.700 bits per heavy atom. The number of carbonyl (C=O) groups is 1. The monoisotopic (exact) mass is 784 g/mol. The summed E-state index contributed by atoms with van der Waals surface area (Å²) in [7, 11) is 1.61. The van der Waals surface area contributed by atoms with Crippen LogP contribution in [0.2, 0.25) is 0 Å². The van der Waals surface area contributed by atoms with Gasteiger partial charge in [-0.2, -0.15) is 0 Å². The number of hydrogen-bond acceptors (Lipinski definition) is 5. The van der Waals surface area contributed by atoms with Crippen molar-refractivity contribution in [1.29, 1.82) is 0 Å². The van der Waals surface area contributed by atoms with Gasteiger partial charge in [-0.1, -0.05) is 80.1 Å². The standard InChI is InChI=1S/C55H48N2O3/c1-5-40-9-23-47(24-10-40)56(46-21-7-39(3)8-22-46)49-27-13-42(14-28-49)43-15-29-50(30-16-43)57(48-25-11-41(6-2)12-26-48)51-31-37-54(38-32-51)60-53-35-19-45(20-36-53)55(58)44-17-33-52(59-4)34-18-44/h7-38H,5-6H2,1-4H3. The number of methoxy groups -OCH3 is 1. The summed E-state index contributed by atoms with van der Waals surface area (Å²) >= 11 is 0. The molecule has 8 aromatic rings. The lowest BCUT2D eigenvalue weighted by Crippen LogP contribution is -2.10. The minimum Gasteiger partial charge on any atom is -0.497 e. The molecule has 0 atom stereocenters. The van der Waals surface area contributed by atoms with E-state index in [4.69, 9.17) is 9.47 Å². The normalized spacial score (nSPS) is 10.9. The summed E-state index contributed by atoms with van der Waals surface area (Å²) in [5.41, 5.74) is 13.8. The highest BCUT2D eigenvalue weighted by atomic mass is 16.5. The second-order valence-corrected chi connectivity index (χ2v) is 14.8. The molecule has 0 aliphatic carbocycles. The molecule has 8 rings (SSSR count). The second-order valence-electron chi connectivity index (χ2n) is 14.8. The first-order valence-electron chi connectivity index (χ1n) is 20.5. The first kappa shape index (κ1) is 39.5. The molecule has 0 unspecified atom stereocenters. The molecular weight excluding hydrogens is 737 g/mol. The third kappa shape index (κ3) is 8.86. The predicted octanol–water partition coefficient (Wildman–Crippen LogP) is 14.8. The van der Waals surface area contributed by atoms with Crippen LogP contribution in [0, 0.1) is 6.92 Å². The fraction of sp³-hybridized carbons (Fsp3) is 0.109. The van der Waals surface area contributed by atoms with E-state index in [0.717, 1.165) is 58.1 Å².